The molecule has 0 aliphatic carbocycles. The Hall–Kier alpha value is -3.81. The van der Waals surface area contributed by atoms with Crippen LogP contribution in [0.1, 0.15) is 61.3 Å². The normalized spacial score (nSPS) is 17.8. The predicted molar refractivity (Wildman–Crippen MR) is 135 cm³/mol. The van der Waals surface area contributed by atoms with Crippen LogP contribution >= 0.6 is 0 Å². The summed E-state index contributed by atoms with van der Waals surface area (Å²) in [6, 6.07) is 2.61. The molecule has 5 N–H and O–H groups in total. The fourth-order valence-electron chi connectivity index (χ4n) is 4.42. The van der Waals surface area contributed by atoms with Gasteiger partial charge >= 0.3 is 12.1 Å². The van der Waals surface area contributed by atoms with E-state index >= 15 is 0 Å². The molecule has 0 radical (unpaired) electrons. The minimum atomic E-state index is -5.36. The Morgan fingerprint density at radius 1 is 1.00 bits per heavy atom. The minimum Gasteiger partial charge on any atom is -0.480 e. The molecule has 1 aliphatic heterocycles. The number of nitrogens with one attached hydrogen (secondary N) is 2. The van der Waals surface area contributed by atoms with Crippen molar-refractivity contribution in [2.75, 3.05) is 13.1 Å². The Morgan fingerprint density at radius 3 is 1.98 bits per heavy atom. The lowest BCUT2D eigenvalue weighted by atomic mass is 9.76. The van der Waals surface area contributed by atoms with Gasteiger partial charge in [-0.05, 0) is 48.9 Å². The number of likely N-dealkylation sites (tertiary alicyclic amines) is 1. The number of carbonyl (C=O) groups is 6. The van der Waals surface area contributed by atoms with E-state index in [4.69, 9.17) is 10.8 Å². The second-order valence-corrected chi connectivity index (χ2v) is 10.3. The van der Waals surface area contributed by atoms with Gasteiger partial charge in [0.1, 0.15) is 18.1 Å². The second kappa shape index (κ2) is 12.6. The number of ketones is 2. The Kier molecular flexibility index (Phi) is 10.2. The van der Waals surface area contributed by atoms with Gasteiger partial charge in [-0.1, -0.05) is 27.7 Å². The van der Waals surface area contributed by atoms with Gasteiger partial charge in [0.25, 0.3) is 17.6 Å². The van der Waals surface area contributed by atoms with Crippen molar-refractivity contribution >= 4 is 35.3 Å². The molecule has 11 nitrogen and oxygen atoms in total. The average Bonchev–Trinajstić information content (AvgIpc) is 3.37. The second-order valence-electron chi connectivity index (χ2n) is 10.3. The highest BCUT2D eigenvalue weighted by molar-refractivity contribution is 6.16. The number of carbonyl (C=O) groups excluding carboxylic acids is 5. The maximum atomic E-state index is 13.5. The Balaban J connectivity index is 2.25. The van der Waals surface area contributed by atoms with E-state index in [0.29, 0.717) is 0 Å². The third-order valence-electron chi connectivity index (χ3n) is 6.82. The van der Waals surface area contributed by atoms with Crippen molar-refractivity contribution in [1.82, 2.24) is 15.5 Å². The van der Waals surface area contributed by atoms with E-state index in [1.54, 1.807) is 13.8 Å². The number of alkyl halides is 3. The van der Waals surface area contributed by atoms with Crippen LogP contribution in [0.25, 0.3) is 0 Å². The van der Waals surface area contributed by atoms with Crippen molar-refractivity contribution < 1.29 is 47.0 Å². The number of aliphatic carboxylic acids is 1. The first kappa shape index (κ1) is 32.4. The number of halogens is 3. The Morgan fingerprint density at radius 2 is 1.52 bits per heavy atom. The highest BCUT2D eigenvalue weighted by Gasteiger charge is 2.59. The number of amides is 3. The largest absolute Gasteiger partial charge is 0.480 e. The standard InChI is InChI=1S/C26H33F3N4O7/c1-13(2)19(32-22(38)16-9-7-15(8-10-16)21(37)31-12-18(34)35)23(39)33-11-5-6-17(33)20(36)25(30,14(3)4)24(40)26(27,28)29/h7-10,13-14,17,19H,5-6,11-12,30H2,1-4H3,(H,31,37)(H,32,38)(H,34,35)/t17-,19-,25?/m0/s1. The van der Waals surface area contributed by atoms with E-state index in [9.17, 15) is 41.9 Å². The van der Waals surface area contributed by atoms with Crippen LogP contribution in [0.15, 0.2) is 24.3 Å². The molecule has 1 saturated heterocycles. The third kappa shape index (κ3) is 7.03. The lowest BCUT2D eigenvalue weighted by molar-refractivity contribution is -0.180. The van der Waals surface area contributed by atoms with Gasteiger partial charge in [-0.2, -0.15) is 13.2 Å². The van der Waals surface area contributed by atoms with Gasteiger partial charge in [-0.3, -0.25) is 28.8 Å². The van der Waals surface area contributed by atoms with Crippen molar-refractivity contribution in [1.29, 1.82) is 0 Å². The molecule has 14 heteroatoms. The van der Waals surface area contributed by atoms with Crippen molar-refractivity contribution in [3.05, 3.63) is 35.4 Å². The lowest BCUT2D eigenvalue weighted by Gasteiger charge is -2.37. The number of carboxylic acids is 1. The number of nitrogens with zero attached hydrogens (tertiary/aromatic N) is 1. The number of nitrogens with two attached hydrogens (primary N) is 1. The molecule has 1 unspecified atom stereocenters. The van der Waals surface area contributed by atoms with Gasteiger partial charge in [0.2, 0.25) is 5.91 Å². The fraction of sp³-hybridized carbons (Fsp3) is 0.538. The molecule has 0 saturated carbocycles. The zero-order valence-corrected chi connectivity index (χ0v) is 22.5. The first-order valence-electron chi connectivity index (χ1n) is 12.6. The molecule has 1 aromatic rings. The molecule has 1 aliphatic rings. The van der Waals surface area contributed by atoms with E-state index in [-0.39, 0.29) is 30.5 Å². The highest BCUT2D eigenvalue weighted by atomic mass is 19.4. The summed E-state index contributed by atoms with van der Waals surface area (Å²) in [6.45, 7) is 5.12. The molecule has 2 rings (SSSR count). The van der Waals surface area contributed by atoms with Gasteiger partial charge in [0, 0.05) is 17.7 Å². The fourth-order valence-corrected chi connectivity index (χ4v) is 4.42. The number of rotatable bonds is 11. The van der Waals surface area contributed by atoms with Crippen LogP contribution in [0, 0.1) is 11.8 Å². The van der Waals surface area contributed by atoms with Gasteiger partial charge in [0.15, 0.2) is 5.78 Å². The van der Waals surface area contributed by atoms with Crippen molar-refractivity contribution in [3.8, 4) is 0 Å². The van der Waals surface area contributed by atoms with Crippen LogP contribution in [0.4, 0.5) is 13.2 Å². The molecule has 1 heterocycles. The van der Waals surface area contributed by atoms with Crippen molar-refractivity contribution in [3.63, 3.8) is 0 Å². The SMILES string of the molecule is CC(C)[C@H](NC(=O)c1ccc(C(=O)NCC(=O)O)cc1)C(=O)N1CCC[C@H]1C(=O)C(N)(C(=O)C(F)(F)F)C(C)C. The van der Waals surface area contributed by atoms with Crippen molar-refractivity contribution in [2.45, 2.75) is 64.3 Å². The number of hydrogen-bond donors (Lipinski definition) is 4. The molecule has 3 atom stereocenters. The quantitative estimate of drug-likeness (QED) is 0.288. The molecule has 40 heavy (non-hydrogen) atoms. The monoisotopic (exact) mass is 570 g/mol. The van der Waals surface area contributed by atoms with E-state index in [2.05, 4.69) is 10.6 Å². The molecule has 0 bridgehead atoms. The molecule has 0 spiro atoms. The van der Waals surface area contributed by atoms with Crippen LogP contribution in [0.5, 0.6) is 0 Å². The topological polar surface area (TPSA) is 176 Å². The summed E-state index contributed by atoms with van der Waals surface area (Å²) in [7, 11) is 0. The Labute approximate surface area is 228 Å². The van der Waals surface area contributed by atoms with Crippen LogP contribution in [-0.4, -0.2) is 82.2 Å². The molecular formula is C26H33F3N4O7. The number of Topliss-reactive ketones (excluding diaryl/α,β-unsaturated/α-hetero) is 2. The number of hydrogen-bond acceptors (Lipinski definition) is 7. The highest BCUT2D eigenvalue weighted by Crippen LogP contribution is 2.32. The van der Waals surface area contributed by atoms with Gasteiger partial charge in [-0.25, -0.2) is 0 Å². The maximum Gasteiger partial charge on any atom is 0.452 e. The molecular weight excluding hydrogens is 537 g/mol. The van der Waals surface area contributed by atoms with Gasteiger partial charge in [0.05, 0.1) is 6.04 Å². The molecule has 0 aromatic heterocycles. The number of benzene rings is 1. The van der Waals surface area contributed by atoms with Crippen LogP contribution in [0.3, 0.4) is 0 Å². The van der Waals surface area contributed by atoms with E-state index < -0.39 is 77.4 Å². The molecule has 3 amide bonds. The minimum absolute atomic E-state index is 0.00550. The van der Waals surface area contributed by atoms with Gasteiger partial charge in [-0.15, -0.1) is 0 Å². The summed E-state index contributed by atoms with van der Waals surface area (Å²) in [5.74, 6) is -8.61. The summed E-state index contributed by atoms with van der Waals surface area (Å²) >= 11 is 0. The zero-order valence-electron chi connectivity index (χ0n) is 22.5. The zero-order chi connectivity index (χ0) is 30.6. The smallest absolute Gasteiger partial charge is 0.452 e. The number of carboxylic acid groups (broad SMARTS) is 1. The van der Waals surface area contributed by atoms with Gasteiger partial charge < -0.3 is 26.4 Å². The summed E-state index contributed by atoms with van der Waals surface area (Å²) in [6.07, 6.45) is -5.07. The first-order valence-corrected chi connectivity index (χ1v) is 12.6. The van der Waals surface area contributed by atoms with Crippen LogP contribution < -0.4 is 16.4 Å². The summed E-state index contributed by atoms with van der Waals surface area (Å²) < 4.78 is 40.0. The first-order chi connectivity index (χ1) is 18.4. The lowest BCUT2D eigenvalue weighted by Crippen LogP contribution is -2.67. The molecule has 220 valence electrons. The third-order valence-corrected chi connectivity index (χ3v) is 6.82. The summed E-state index contributed by atoms with van der Waals surface area (Å²) in [4.78, 5) is 75.6. The predicted octanol–water partition coefficient (Wildman–Crippen LogP) is 1.30. The Bertz CT molecular complexity index is 1170. The van der Waals surface area contributed by atoms with E-state index in [0.717, 1.165) is 4.90 Å². The molecule has 1 fully saturated rings. The maximum absolute atomic E-state index is 13.5. The average molecular weight is 571 g/mol. The van der Waals surface area contributed by atoms with Crippen molar-refractivity contribution in [2.24, 2.45) is 17.6 Å². The van der Waals surface area contributed by atoms with E-state index in [1.165, 1.54) is 38.1 Å². The molecule has 1 aromatic carbocycles. The van der Waals surface area contributed by atoms with E-state index in [1.807, 2.05) is 0 Å². The van der Waals surface area contributed by atoms with Crippen LogP contribution in [-0.2, 0) is 19.2 Å². The summed E-state index contributed by atoms with van der Waals surface area (Å²) in [5, 5.41) is 13.4. The van der Waals surface area contributed by atoms with Crippen LogP contribution in [0.2, 0.25) is 0 Å². The summed E-state index contributed by atoms with van der Waals surface area (Å²) in [5.41, 5.74) is 3.11.